The molecule has 0 fully saturated rings. The summed E-state index contributed by atoms with van der Waals surface area (Å²) in [7, 11) is 0. The maximum atomic E-state index is 11.4. The predicted molar refractivity (Wildman–Crippen MR) is 114 cm³/mol. The van der Waals surface area contributed by atoms with E-state index >= 15 is 0 Å². The van der Waals surface area contributed by atoms with E-state index in [2.05, 4.69) is 27.6 Å². The highest BCUT2D eigenvalue weighted by Gasteiger charge is 2.14. The fourth-order valence-electron chi connectivity index (χ4n) is 2.83. The van der Waals surface area contributed by atoms with Crippen LogP contribution < -0.4 is 0 Å². The molecule has 0 saturated carbocycles. The van der Waals surface area contributed by atoms with Crippen LogP contribution in [0.5, 0.6) is 0 Å². The van der Waals surface area contributed by atoms with E-state index in [0.29, 0.717) is 0 Å². The highest BCUT2D eigenvalue weighted by atomic mass is 127. The Balaban J connectivity index is 2.01. The molecule has 0 aliphatic rings. The van der Waals surface area contributed by atoms with Crippen molar-refractivity contribution >= 4 is 52.1 Å². The van der Waals surface area contributed by atoms with Crippen LogP contribution in [0.1, 0.15) is 27.3 Å². The van der Waals surface area contributed by atoms with Crippen LogP contribution >= 0.6 is 34.2 Å². The van der Waals surface area contributed by atoms with Crippen LogP contribution in [-0.2, 0) is 0 Å². The van der Waals surface area contributed by atoms with Gasteiger partial charge in [0.15, 0.2) is 0 Å². The molecular formula is C20H16ClIN2O2. The fourth-order valence-corrected chi connectivity index (χ4v) is 3.56. The number of hydrogen-bond acceptors (Lipinski definition) is 2. The molecule has 6 heteroatoms. The van der Waals surface area contributed by atoms with Crippen molar-refractivity contribution in [3.63, 3.8) is 0 Å². The van der Waals surface area contributed by atoms with Crippen LogP contribution in [0, 0.1) is 17.4 Å². The summed E-state index contributed by atoms with van der Waals surface area (Å²) in [6, 6.07) is 15.0. The summed E-state index contributed by atoms with van der Waals surface area (Å²) >= 11 is 8.24. The lowest BCUT2D eigenvalue weighted by molar-refractivity contribution is 0.0697. The smallest absolute Gasteiger partial charge is 0.337 e. The summed E-state index contributed by atoms with van der Waals surface area (Å²) in [4.78, 5) is 15.9. The Morgan fingerprint density at radius 3 is 2.65 bits per heavy atom. The Morgan fingerprint density at radius 2 is 1.96 bits per heavy atom. The molecule has 26 heavy (non-hydrogen) atoms. The number of carbonyl (C=O) groups is 1. The molecule has 3 rings (SSSR count). The van der Waals surface area contributed by atoms with Crippen LogP contribution in [0.2, 0.25) is 5.02 Å². The number of aliphatic imine (C=N–C) groups is 1. The Labute approximate surface area is 170 Å². The first-order valence-electron chi connectivity index (χ1n) is 7.88. The molecule has 1 aromatic heterocycles. The zero-order valence-corrected chi connectivity index (χ0v) is 17.1. The molecule has 0 aliphatic carbocycles. The average molecular weight is 479 g/mol. The predicted octanol–water partition coefficient (Wildman–Crippen LogP) is 5.80. The molecule has 0 aliphatic heterocycles. The number of halogens is 2. The van der Waals surface area contributed by atoms with Crippen LogP contribution in [0.15, 0.2) is 53.5 Å². The Hall–Kier alpha value is -2.12. The summed E-state index contributed by atoms with van der Waals surface area (Å²) < 4.78 is 3.13. The van der Waals surface area contributed by atoms with Gasteiger partial charge in [-0.25, -0.2) is 4.79 Å². The molecule has 0 atom stereocenters. The molecule has 0 unspecified atom stereocenters. The quantitative estimate of drug-likeness (QED) is 0.380. The lowest BCUT2D eigenvalue weighted by atomic mass is 10.2. The topological polar surface area (TPSA) is 54.6 Å². The third-order valence-corrected chi connectivity index (χ3v) is 5.07. The number of carboxylic acid groups (broad SMARTS) is 1. The van der Waals surface area contributed by atoms with E-state index in [1.807, 2.05) is 61.0 Å². The number of hydrogen-bond donors (Lipinski definition) is 1. The first-order valence-corrected chi connectivity index (χ1v) is 9.34. The maximum Gasteiger partial charge on any atom is 0.337 e. The first-order chi connectivity index (χ1) is 12.4. The number of aryl methyl sites for hydroxylation is 1. The second-order valence-electron chi connectivity index (χ2n) is 5.87. The minimum Gasteiger partial charge on any atom is -0.478 e. The van der Waals surface area contributed by atoms with Gasteiger partial charge in [0, 0.05) is 32.4 Å². The van der Waals surface area contributed by atoms with Crippen molar-refractivity contribution in [2.45, 2.75) is 13.8 Å². The molecule has 0 radical (unpaired) electrons. The van der Waals surface area contributed by atoms with E-state index in [4.69, 9.17) is 11.6 Å². The molecule has 0 bridgehead atoms. The Bertz CT molecular complexity index is 1020. The third kappa shape index (κ3) is 3.83. The third-order valence-electron chi connectivity index (χ3n) is 4.07. The second kappa shape index (κ2) is 7.63. The molecule has 3 aromatic rings. The van der Waals surface area contributed by atoms with E-state index < -0.39 is 5.97 Å². The van der Waals surface area contributed by atoms with E-state index in [9.17, 15) is 9.90 Å². The van der Waals surface area contributed by atoms with E-state index in [1.54, 1.807) is 12.1 Å². The summed E-state index contributed by atoms with van der Waals surface area (Å²) in [6.07, 6.45) is 1.83. The van der Waals surface area contributed by atoms with Gasteiger partial charge in [-0.2, -0.15) is 0 Å². The van der Waals surface area contributed by atoms with Crippen molar-refractivity contribution in [1.82, 2.24) is 4.57 Å². The lowest BCUT2D eigenvalue weighted by Gasteiger charge is -2.11. The zero-order chi connectivity index (χ0) is 18.8. The van der Waals surface area contributed by atoms with Crippen LogP contribution in [0.4, 0.5) is 5.69 Å². The van der Waals surface area contributed by atoms with E-state index in [0.717, 1.165) is 31.9 Å². The number of nitrogens with zero attached hydrogens (tertiary/aromatic N) is 2. The number of aromatic carboxylic acids is 1. The Kier molecular flexibility index (Phi) is 5.48. The average Bonchev–Trinajstić information content (AvgIpc) is 2.87. The maximum absolute atomic E-state index is 11.4. The number of benzene rings is 2. The van der Waals surface area contributed by atoms with Crippen LogP contribution in [0.25, 0.3) is 5.69 Å². The summed E-state index contributed by atoms with van der Waals surface area (Å²) in [6.45, 7) is 3.96. The van der Waals surface area contributed by atoms with Gasteiger partial charge in [0.25, 0.3) is 0 Å². The molecule has 0 saturated heterocycles. The lowest BCUT2D eigenvalue weighted by Crippen LogP contribution is -2.03. The fraction of sp³-hybridized carbons (Fsp3) is 0.100. The molecule has 1 N–H and O–H groups in total. The van der Waals surface area contributed by atoms with Crippen molar-refractivity contribution in [3.05, 3.63) is 79.6 Å². The highest BCUT2D eigenvalue weighted by molar-refractivity contribution is 14.1. The van der Waals surface area contributed by atoms with E-state index in [1.165, 1.54) is 0 Å². The van der Waals surface area contributed by atoms with Gasteiger partial charge in [0.1, 0.15) is 0 Å². The van der Waals surface area contributed by atoms with Gasteiger partial charge < -0.3 is 9.67 Å². The van der Waals surface area contributed by atoms with E-state index in [-0.39, 0.29) is 10.6 Å². The van der Waals surface area contributed by atoms with Gasteiger partial charge in [-0.05, 0) is 78.9 Å². The summed E-state index contributed by atoms with van der Waals surface area (Å²) in [5, 5.41) is 9.52. The zero-order valence-electron chi connectivity index (χ0n) is 14.2. The largest absolute Gasteiger partial charge is 0.478 e. The molecule has 132 valence electrons. The molecule has 1 heterocycles. The number of carboxylic acids is 1. The van der Waals surface area contributed by atoms with Gasteiger partial charge in [-0.3, -0.25) is 4.99 Å². The van der Waals surface area contributed by atoms with Crippen LogP contribution in [0.3, 0.4) is 0 Å². The molecule has 0 spiro atoms. The van der Waals surface area contributed by atoms with Crippen molar-refractivity contribution < 1.29 is 9.90 Å². The monoisotopic (exact) mass is 478 g/mol. The molecule has 0 amide bonds. The summed E-state index contributed by atoms with van der Waals surface area (Å²) in [5.41, 5.74) is 4.69. The minimum absolute atomic E-state index is 0.0887. The van der Waals surface area contributed by atoms with Crippen molar-refractivity contribution in [3.8, 4) is 5.69 Å². The second-order valence-corrected chi connectivity index (χ2v) is 7.52. The van der Waals surface area contributed by atoms with Crippen molar-refractivity contribution in [2.24, 2.45) is 4.99 Å². The van der Waals surface area contributed by atoms with Gasteiger partial charge in [0.05, 0.1) is 16.3 Å². The van der Waals surface area contributed by atoms with Gasteiger partial charge in [-0.15, -0.1) is 0 Å². The first kappa shape index (κ1) is 18.7. The standard InChI is InChI=1S/C20H16ClIN2O2/c1-12-8-14(11-23-16-5-3-4-15(22)9-16)13(2)24(12)17-6-7-19(21)18(10-17)20(25)26/h3-11H,1-2H3,(H,25,26). The van der Waals surface area contributed by atoms with Gasteiger partial charge in [0.2, 0.25) is 0 Å². The molecule has 2 aromatic carbocycles. The van der Waals surface area contributed by atoms with Gasteiger partial charge in [-0.1, -0.05) is 17.7 Å². The van der Waals surface area contributed by atoms with Gasteiger partial charge >= 0.3 is 5.97 Å². The SMILES string of the molecule is Cc1cc(C=Nc2cccc(I)c2)c(C)n1-c1ccc(Cl)c(C(=O)O)c1. The Morgan fingerprint density at radius 1 is 1.19 bits per heavy atom. The van der Waals surface area contributed by atoms with Crippen LogP contribution in [-0.4, -0.2) is 21.9 Å². The normalized spacial score (nSPS) is 11.2. The number of aromatic nitrogens is 1. The van der Waals surface area contributed by atoms with Crippen molar-refractivity contribution in [1.29, 1.82) is 0 Å². The molecule has 4 nitrogen and oxygen atoms in total. The highest BCUT2D eigenvalue weighted by Crippen LogP contribution is 2.25. The minimum atomic E-state index is -1.04. The number of rotatable bonds is 4. The van der Waals surface area contributed by atoms with Crippen molar-refractivity contribution in [2.75, 3.05) is 0 Å². The summed E-state index contributed by atoms with van der Waals surface area (Å²) in [5.74, 6) is -1.04. The molecular weight excluding hydrogens is 463 g/mol.